The third kappa shape index (κ3) is 3.67. The molecule has 0 aliphatic heterocycles. The lowest BCUT2D eigenvalue weighted by Gasteiger charge is -2.17. The molecule has 8 aromatic rings. The fourth-order valence-corrected chi connectivity index (χ4v) is 8.40. The van der Waals surface area contributed by atoms with E-state index < -0.39 is 0 Å². The summed E-state index contributed by atoms with van der Waals surface area (Å²) in [5, 5.41) is 26.2. The second kappa shape index (κ2) is 9.68. The first kappa shape index (κ1) is 24.5. The second-order valence-electron chi connectivity index (χ2n) is 10.3. The van der Waals surface area contributed by atoms with Gasteiger partial charge in [-0.25, -0.2) is 0 Å². The zero-order valence-corrected chi connectivity index (χ0v) is 23.9. The van der Waals surface area contributed by atoms with Gasteiger partial charge >= 0.3 is 0 Å². The van der Waals surface area contributed by atoms with Gasteiger partial charge in [-0.1, -0.05) is 91.0 Å². The van der Waals surface area contributed by atoms with Crippen molar-refractivity contribution < 1.29 is 0 Å². The zero-order chi connectivity index (χ0) is 28.2. The minimum atomic E-state index is 0.522. The van der Waals surface area contributed by atoms with Crippen LogP contribution < -0.4 is 0 Å². The van der Waals surface area contributed by atoms with E-state index in [4.69, 9.17) is 0 Å². The van der Waals surface area contributed by atoms with Crippen LogP contribution in [-0.4, -0.2) is 0 Å². The van der Waals surface area contributed by atoms with Crippen molar-refractivity contribution in [3.8, 4) is 45.5 Å². The Labute approximate surface area is 250 Å². The highest BCUT2D eigenvalue weighted by atomic mass is 32.1. The first-order valence-electron chi connectivity index (χ1n) is 13.6. The van der Waals surface area contributed by atoms with Crippen molar-refractivity contribution >= 4 is 63.0 Å². The molecule has 0 saturated carbocycles. The van der Waals surface area contributed by atoms with Gasteiger partial charge in [0.15, 0.2) is 0 Å². The summed E-state index contributed by atoms with van der Waals surface area (Å²) in [7, 11) is 0. The Morgan fingerprint density at radius 3 is 1.76 bits per heavy atom. The first-order chi connectivity index (χ1) is 20.7. The minimum absolute atomic E-state index is 0.522. The van der Waals surface area contributed by atoms with Gasteiger partial charge in [0.2, 0.25) is 0 Å². The summed E-state index contributed by atoms with van der Waals surface area (Å²) in [6.45, 7) is 0. The highest BCUT2D eigenvalue weighted by Gasteiger charge is 2.24. The van der Waals surface area contributed by atoms with Crippen LogP contribution >= 0.6 is 22.7 Å². The van der Waals surface area contributed by atoms with Crippen molar-refractivity contribution in [3.63, 3.8) is 0 Å². The van der Waals surface area contributed by atoms with Crippen molar-refractivity contribution in [1.29, 1.82) is 10.5 Å². The SMILES string of the molecule is N#Cc1c(-c2ccccc2)cc(-c2ccc3sc4ccccc4c3c2)c(C#N)c1-c1cccc2c1sc1ccccc12. The van der Waals surface area contributed by atoms with E-state index in [9.17, 15) is 10.5 Å². The molecule has 2 heterocycles. The van der Waals surface area contributed by atoms with Gasteiger partial charge in [0.05, 0.1) is 11.1 Å². The van der Waals surface area contributed by atoms with E-state index in [2.05, 4.69) is 91.0 Å². The molecule has 0 aliphatic rings. The first-order valence-corrected chi connectivity index (χ1v) is 15.3. The molecule has 0 atom stereocenters. The molecule has 0 radical (unpaired) electrons. The molecule has 0 spiro atoms. The van der Waals surface area contributed by atoms with Crippen LogP contribution in [0.5, 0.6) is 0 Å². The standard InChI is InChI=1S/C38H20N2S2/c39-21-32-29(23-9-2-1-3-10-23)20-30(24-17-18-36-31(19-24)26-12-5-6-15-34(26)41-36)33(22-40)37(32)28-14-8-13-27-25-11-4-7-16-35(25)42-38(27)28/h1-20H. The summed E-state index contributed by atoms with van der Waals surface area (Å²) in [4.78, 5) is 0. The molecule has 0 saturated heterocycles. The lowest BCUT2D eigenvalue weighted by Crippen LogP contribution is -1.98. The quantitative estimate of drug-likeness (QED) is 0.213. The van der Waals surface area contributed by atoms with Crippen LogP contribution in [0.3, 0.4) is 0 Å². The smallest absolute Gasteiger partial charge is 0.100 e. The fourth-order valence-electron chi connectivity index (χ4n) is 6.10. The molecule has 0 unspecified atom stereocenters. The Morgan fingerprint density at radius 1 is 0.429 bits per heavy atom. The van der Waals surface area contributed by atoms with Crippen LogP contribution in [0.1, 0.15) is 11.1 Å². The Kier molecular flexibility index (Phi) is 5.66. The van der Waals surface area contributed by atoms with Gasteiger partial charge < -0.3 is 0 Å². The lowest BCUT2D eigenvalue weighted by atomic mass is 9.83. The predicted molar refractivity (Wildman–Crippen MR) is 178 cm³/mol. The maximum Gasteiger partial charge on any atom is 0.100 e. The largest absolute Gasteiger partial charge is 0.192 e. The van der Waals surface area contributed by atoms with Crippen molar-refractivity contribution in [1.82, 2.24) is 0 Å². The van der Waals surface area contributed by atoms with E-state index in [-0.39, 0.29) is 0 Å². The number of hydrogen-bond donors (Lipinski definition) is 0. The van der Waals surface area contributed by atoms with E-state index in [1.165, 1.54) is 30.3 Å². The molecule has 2 nitrogen and oxygen atoms in total. The zero-order valence-electron chi connectivity index (χ0n) is 22.3. The van der Waals surface area contributed by atoms with Crippen LogP contribution in [0.25, 0.3) is 73.7 Å². The third-order valence-electron chi connectivity index (χ3n) is 8.00. The number of nitrogens with zero attached hydrogens (tertiary/aromatic N) is 2. The molecule has 8 rings (SSSR count). The number of nitriles is 2. The third-order valence-corrected chi connectivity index (χ3v) is 10.4. The van der Waals surface area contributed by atoms with Crippen molar-refractivity contribution in [3.05, 3.63) is 132 Å². The Hall–Kier alpha value is -5.26. The normalized spacial score (nSPS) is 11.3. The Bertz CT molecular complexity index is 2430. The second-order valence-corrected chi connectivity index (χ2v) is 12.4. The molecule has 0 aliphatic carbocycles. The molecule has 194 valence electrons. The highest BCUT2D eigenvalue weighted by Crippen LogP contribution is 2.46. The summed E-state index contributed by atoms with van der Waals surface area (Å²) in [5.74, 6) is 0. The molecule has 2 aromatic heterocycles. The summed E-state index contributed by atoms with van der Waals surface area (Å²) >= 11 is 3.49. The van der Waals surface area contributed by atoms with Crippen LogP contribution in [0, 0.1) is 22.7 Å². The molecule has 0 fully saturated rings. The molecule has 0 amide bonds. The van der Waals surface area contributed by atoms with Crippen LogP contribution in [0.15, 0.2) is 121 Å². The number of benzene rings is 6. The summed E-state index contributed by atoms with van der Waals surface area (Å²) < 4.78 is 4.73. The predicted octanol–water partition coefficient (Wildman–Crippen LogP) is 11.2. The molecular weight excluding hydrogens is 549 g/mol. The van der Waals surface area contributed by atoms with E-state index >= 15 is 0 Å². The van der Waals surface area contributed by atoms with E-state index in [1.807, 2.05) is 42.5 Å². The number of fused-ring (bicyclic) bond motifs is 6. The van der Waals surface area contributed by atoms with Gasteiger partial charge in [-0.15, -0.1) is 22.7 Å². The van der Waals surface area contributed by atoms with Crippen molar-refractivity contribution in [2.75, 3.05) is 0 Å². The van der Waals surface area contributed by atoms with E-state index in [0.29, 0.717) is 16.7 Å². The van der Waals surface area contributed by atoms with Gasteiger partial charge in [0, 0.05) is 62.6 Å². The van der Waals surface area contributed by atoms with Crippen molar-refractivity contribution in [2.45, 2.75) is 0 Å². The van der Waals surface area contributed by atoms with Crippen LogP contribution in [0.2, 0.25) is 0 Å². The van der Waals surface area contributed by atoms with Crippen LogP contribution in [-0.2, 0) is 0 Å². The summed E-state index contributed by atoms with van der Waals surface area (Å²) in [6, 6.07) is 46.7. The molecule has 0 bridgehead atoms. The summed E-state index contributed by atoms with van der Waals surface area (Å²) in [6.07, 6.45) is 0. The Morgan fingerprint density at radius 2 is 1.02 bits per heavy atom. The van der Waals surface area contributed by atoms with Gasteiger partial charge in [0.1, 0.15) is 12.1 Å². The molecule has 6 aromatic carbocycles. The van der Waals surface area contributed by atoms with Crippen LogP contribution in [0.4, 0.5) is 0 Å². The average Bonchev–Trinajstić information content (AvgIpc) is 3.62. The lowest BCUT2D eigenvalue weighted by molar-refractivity contribution is 1.44. The fraction of sp³-hybridized carbons (Fsp3) is 0. The molecule has 4 heteroatoms. The highest BCUT2D eigenvalue weighted by molar-refractivity contribution is 7.26. The van der Waals surface area contributed by atoms with Gasteiger partial charge in [-0.3, -0.25) is 0 Å². The van der Waals surface area contributed by atoms with Gasteiger partial charge in [0.25, 0.3) is 0 Å². The topological polar surface area (TPSA) is 47.6 Å². The average molecular weight is 569 g/mol. The van der Waals surface area contributed by atoms with E-state index in [1.54, 1.807) is 22.7 Å². The summed E-state index contributed by atoms with van der Waals surface area (Å²) in [5.41, 5.74) is 6.24. The molecular formula is C38H20N2S2. The van der Waals surface area contributed by atoms with E-state index in [0.717, 1.165) is 37.9 Å². The van der Waals surface area contributed by atoms with Gasteiger partial charge in [-0.2, -0.15) is 10.5 Å². The molecule has 0 N–H and O–H groups in total. The monoisotopic (exact) mass is 568 g/mol. The Balaban J connectivity index is 1.50. The van der Waals surface area contributed by atoms with Crippen molar-refractivity contribution in [2.24, 2.45) is 0 Å². The maximum atomic E-state index is 10.8. The number of thiophene rings is 2. The molecule has 42 heavy (non-hydrogen) atoms. The number of hydrogen-bond acceptors (Lipinski definition) is 4. The number of rotatable bonds is 3. The maximum absolute atomic E-state index is 10.8. The van der Waals surface area contributed by atoms with Gasteiger partial charge in [-0.05, 0) is 41.5 Å². The minimum Gasteiger partial charge on any atom is -0.192 e.